The average molecular weight is 218 g/mol. The number of nitrogens with zero attached hydrogens (tertiary/aromatic N) is 3. The van der Waals surface area contributed by atoms with E-state index in [1.165, 1.54) is 0 Å². The molecule has 0 fully saturated rings. The molecular weight excluding hydrogens is 209 g/mol. The van der Waals surface area contributed by atoms with Gasteiger partial charge >= 0.3 is 0 Å². The molecule has 2 aromatic heterocycles. The molecule has 13 heavy (non-hydrogen) atoms. The van der Waals surface area contributed by atoms with Crippen molar-refractivity contribution in [1.82, 2.24) is 14.5 Å². The molecule has 0 atom stereocenters. The van der Waals surface area contributed by atoms with Crippen LogP contribution in [0.4, 0.5) is 0 Å². The molecule has 0 unspecified atom stereocenters. The molecule has 0 saturated heterocycles. The van der Waals surface area contributed by atoms with E-state index in [0.717, 1.165) is 16.9 Å². The van der Waals surface area contributed by atoms with Crippen LogP contribution in [0.25, 0.3) is 11.0 Å². The number of hydrogen-bond donors (Lipinski definition) is 0. The summed E-state index contributed by atoms with van der Waals surface area (Å²) in [5.41, 5.74) is 1.97. The molecule has 0 N–H and O–H groups in total. The second-order valence-corrected chi connectivity index (χ2v) is 2.85. The standard InChI is InChI=1S/C8H8ClN3.ClH/c1-12-7-5-10-3-2-6(7)11-8(12)4-9;/h2-3,5H,4H2,1H3;1H. The number of alkyl halides is 1. The molecule has 0 bridgehead atoms. The van der Waals surface area contributed by atoms with E-state index in [9.17, 15) is 0 Å². The van der Waals surface area contributed by atoms with E-state index in [1.807, 2.05) is 17.7 Å². The zero-order chi connectivity index (χ0) is 8.55. The van der Waals surface area contributed by atoms with Crippen LogP contribution in [0.1, 0.15) is 5.82 Å². The van der Waals surface area contributed by atoms with Gasteiger partial charge in [-0.3, -0.25) is 4.98 Å². The first kappa shape index (κ1) is 10.3. The van der Waals surface area contributed by atoms with Gasteiger partial charge in [0.05, 0.1) is 23.1 Å². The number of rotatable bonds is 1. The van der Waals surface area contributed by atoms with Gasteiger partial charge in [0.25, 0.3) is 0 Å². The lowest BCUT2D eigenvalue weighted by Crippen LogP contribution is -1.93. The lowest BCUT2D eigenvalue weighted by atomic mass is 10.4. The van der Waals surface area contributed by atoms with E-state index in [4.69, 9.17) is 11.6 Å². The summed E-state index contributed by atoms with van der Waals surface area (Å²) in [5, 5.41) is 0. The summed E-state index contributed by atoms with van der Waals surface area (Å²) in [6.07, 6.45) is 3.52. The topological polar surface area (TPSA) is 30.7 Å². The SMILES string of the molecule is Cl.Cn1c(CCl)nc2ccncc21. The van der Waals surface area contributed by atoms with Crippen LogP contribution in [-0.2, 0) is 12.9 Å². The molecule has 0 spiro atoms. The Morgan fingerprint density at radius 2 is 2.31 bits per heavy atom. The number of imidazole rings is 1. The molecule has 0 amide bonds. The summed E-state index contributed by atoms with van der Waals surface area (Å²) in [4.78, 5) is 8.34. The molecule has 0 aromatic carbocycles. The minimum atomic E-state index is 0. The number of aromatic nitrogens is 3. The first-order chi connectivity index (χ1) is 5.83. The second kappa shape index (κ2) is 3.94. The highest BCUT2D eigenvalue weighted by atomic mass is 35.5. The fourth-order valence-electron chi connectivity index (χ4n) is 1.20. The van der Waals surface area contributed by atoms with Gasteiger partial charge in [0.15, 0.2) is 0 Å². The van der Waals surface area contributed by atoms with E-state index in [2.05, 4.69) is 9.97 Å². The molecule has 2 rings (SSSR count). The molecule has 2 aromatic rings. The maximum atomic E-state index is 5.70. The summed E-state index contributed by atoms with van der Waals surface area (Å²) in [7, 11) is 1.94. The van der Waals surface area contributed by atoms with Crippen LogP contribution in [0.3, 0.4) is 0 Å². The van der Waals surface area contributed by atoms with Crippen LogP contribution < -0.4 is 0 Å². The predicted molar refractivity (Wildman–Crippen MR) is 55.3 cm³/mol. The molecule has 0 saturated carbocycles. The van der Waals surface area contributed by atoms with Crippen molar-refractivity contribution in [2.24, 2.45) is 7.05 Å². The zero-order valence-corrected chi connectivity index (χ0v) is 8.64. The van der Waals surface area contributed by atoms with Gasteiger partial charge in [-0.1, -0.05) is 0 Å². The van der Waals surface area contributed by atoms with Crippen molar-refractivity contribution in [2.75, 3.05) is 0 Å². The number of fused-ring (bicyclic) bond motifs is 1. The molecule has 0 aliphatic carbocycles. The average Bonchev–Trinajstić information content (AvgIpc) is 2.44. The Hall–Kier alpha value is -0.800. The van der Waals surface area contributed by atoms with Crippen molar-refractivity contribution in [3.8, 4) is 0 Å². The first-order valence-corrected chi connectivity index (χ1v) is 4.17. The predicted octanol–water partition coefficient (Wildman–Crippen LogP) is 2.13. The van der Waals surface area contributed by atoms with Gasteiger partial charge < -0.3 is 4.57 Å². The van der Waals surface area contributed by atoms with Crippen LogP contribution in [0, 0.1) is 0 Å². The largest absolute Gasteiger partial charge is 0.329 e. The van der Waals surface area contributed by atoms with Gasteiger partial charge in [-0.25, -0.2) is 4.98 Å². The monoisotopic (exact) mass is 217 g/mol. The van der Waals surface area contributed by atoms with Gasteiger partial charge in [-0.2, -0.15) is 0 Å². The van der Waals surface area contributed by atoms with E-state index in [1.54, 1.807) is 12.4 Å². The summed E-state index contributed by atoms with van der Waals surface area (Å²) in [6, 6.07) is 1.88. The number of halogens is 2. The number of hydrogen-bond acceptors (Lipinski definition) is 2. The normalized spacial score (nSPS) is 10.0. The van der Waals surface area contributed by atoms with Crippen LogP contribution in [0.15, 0.2) is 18.5 Å². The number of pyridine rings is 1. The Morgan fingerprint density at radius 1 is 1.54 bits per heavy atom. The Morgan fingerprint density at radius 3 is 2.92 bits per heavy atom. The van der Waals surface area contributed by atoms with Crippen molar-refractivity contribution in [3.63, 3.8) is 0 Å². The van der Waals surface area contributed by atoms with Crippen LogP contribution in [0.2, 0.25) is 0 Å². The van der Waals surface area contributed by atoms with Gasteiger partial charge in [-0.05, 0) is 6.07 Å². The van der Waals surface area contributed by atoms with Gasteiger partial charge in [0.1, 0.15) is 5.82 Å². The highest BCUT2D eigenvalue weighted by molar-refractivity contribution is 6.16. The van der Waals surface area contributed by atoms with Crippen LogP contribution >= 0.6 is 24.0 Å². The minimum absolute atomic E-state index is 0. The lowest BCUT2D eigenvalue weighted by Gasteiger charge is -1.95. The van der Waals surface area contributed by atoms with Gasteiger partial charge in [0, 0.05) is 13.2 Å². The van der Waals surface area contributed by atoms with E-state index < -0.39 is 0 Å². The Labute approximate surface area is 87.2 Å². The summed E-state index contributed by atoms with van der Waals surface area (Å²) >= 11 is 5.70. The van der Waals surface area contributed by atoms with Crippen molar-refractivity contribution in [2.45, 2.75) is 5.88 Å². The molecule has 3 nitrogen and oxygen atoms in total. The van der Waals surface area contributed by atoms with Gasteiger partial charge in [0.2, 0.25) is 0 Å². The minimum Gasteiger partial charge on any atom is -0.329 e. The van der Waals surface area contributed by atoms with E-state index in [-0.39, 0.29) is 12.4 Å². The molecule has 2 heterocycles. The number of aryl methyl sites for hydroxylation is 1. The summed E-state index contributed by atoms with van der Waals surface area (Å²) in [6.45, 7) is 0. The molecule has 70 valence electrons. The third-order valence-corrected chi connectivity index (χ3v) is 2.13. The Balaban J connectivity index is 0.000000845. The van der Waals surface area contributed by atoms with Gasteiger partial charge in [-0.15, -0.1) is 24.0 Å². The van der Waals surface area contributed by atoms with Crippen LogP contribution in [-0.4, -0.2) is 14.5 Å². The smallest absolute Gasteiger partial charge is 0.124 e. The molecule has 0 radical (unpaired) electrons. The van der Waals surface area contributed by atoms with E-state index in [0.29, 0.717) is 5.88 Å². The Bertz CT molecular complexity index is 411. The third kappa shape index (κ3) is 1.62. The fourth-order valence-corrected chi connectivity index (χ4v) is 1.44. The Kier molecular flexibility index (Phi) is 3.12. The van der Waals surface area contributed by atoms with Crippen molar-refractivity contribution < 1.29 is 0 Å². The summed E-state index contributed by atoms with van der Waals surface area (Å²) < 4.78 is 1.95. The van der Waals surface area contributed by atoms with Crippen LogP contribution in [0.5, 0.6) is 0 Å². The highest BCUT2D eigenvalue weighted by Gasteiger charge is 2.04. The lowest BCUT2D eigenvalue weighted by molar-refractivity contribution is 0.872. The molecule has 0 aliphatic heterocycles. The fraction of sp³-hybridized carbons (Fsp3) is 0.250. The maximum absolute atomic E-state index is 5.70. The highest BCUT2D eigenvalue weighted by Crippen LogP contribution is 2.13. The van der Waals surface area contributed by atoms with Crippen molar-refractivity contribution in [1.29, 1.82) is 0 Å². The summed E-state index contributed by atoms with van der Waals surface area (Å²) in [5.74, 6) is 1.31. The molecular formula is C8H9Cl2N3. The maximum Gasteiger partial charge on any atom is 0.124 e. The van der Waals surface area contributed by atoms with Crippen molar-refractivity contribution in [3.05, 3.63) is 24.3 Å². The second-order valence-electron chi connectivity index (χ2n) is 2.59. The van der Waals surface area contributed by atoms with Crippen molar-refractivity contribution >= 4 is 35.0 Å². The molecule has 5 heteroatoms. The first-order valence-electron chi connectivity index (χ1n) is 3.64. The third-order valence-electron chi connectivity index (χ3n) is 1.90. The van der Waals surface area contributed by atoms with E-state index >= 15 is 0 Å². The molecule has 0 aliphatic rings. The quantitative estimate of drug-likeness (QED) is 0.686. The zero-order valence-electron chi connectivity index (χ0n) is 7.07.